The van der Waals surface area contributed by atoms with Crippen LogP contribution in [0, 0.1) is 5.92 Å². The maximum Gasteiger partial charge on any atom is 0.226 e. The van der Waals surface area contributed by atoms with Crippen molar-refractivity contribution in [2.75, 3.05) is 13.1 Å². The summed E-state index contributed by atoms with van der Waals surface area (Å²) in [5.41, 5.74) is 7.06. The molecular formula is C19H24N2O. The van der Waals surface area contributed by atoms with Crippen LogP contribution in [0.4, 0.5) is 0 Å². The molecule has 0 bridgehead atoms. The summed E-state index contributed by atoms with van der Waals surface area (Å²) in [6.07, 6.45) is 2.55. The molecule has 1 saturated heterocycles. The Morgan fingerprint density at radius 3 is 2.55 bits per heavy atom. The fourth-order valence-corrected chi connectivity index (χ4v) is 3.31. The summed E-state index contributed by atoms with van der Waals surface area (Å²) >= 11 is 0. The van der Waals surface area contributed by atoms with Crippen LogP contribution in [0.25, 0.3) is 10.8 Å². The molecule has 2 aromatic rings. The first kappa shape index (κ1) is 15.0. The quantitative estimate of drug-likeness (QED) is 0.946. The van der Waals surface area contributed by atoms with Gasteiger partial charge in [0.1, 0.15) is 0 Å². The summed E-state index contributed by atoms with van der Waals surface area (Å²) in [6, 6.07) is 14.8. The number of rotatable bonds is 3. The number of fused-ring (bicyclic) bond motifs is 1. The van der Waals surface area contributed by atoms with Crippen molar-refractivity contribution in [2.24, 2.45) is 11.7 Å². The van der Waals surface area contributed by atoms with E-state index in [-0.39, 0.29) is 11.9 Å². The van der Waals surface area contributed by atoms with Crippen molar-refractivity contribution in [2.45, 2.75) is 32.2 Å². The highest BCUT2D eigenvalue weighted by Gasteiger charge is 2.24. The van der Waals surface area contributed by atoms with Crippen molar-refractivity contribution < 1.29 is 4.79 Å². The van der Waals surface area contributed by atoms with Gasteiger partial charge in [0, 0.05) is 19.1 Å². The summed E-state index contributed by atoms with van der Waals surface area (Å²) in [4.78, 5) is 14.5. The lowest BCUT2D eigenvalue weighted by Crippen LogP contribution is -2.43. The van der Waals surface area contributed by atoms with Gasteiger partial charge in [0.2, 0.25) is 5.91 Å². The van der Waals surface area contributed by atoms with E-state index in [0.29, 0.717) is 12.3 Å². The van der Waals surface area contributed by atoms with E-state index in [1.165, 1.54) is 10.8 Å². The fraction of sp³-hybridized carbons (Fsp3) is 0.421. The van der Waals surface area contributed by atoms with Crippen molar-refractivity contribution in [3.8, 4) is 0 Å². The average molecular weight is 296 g/mol. The van der Waals surface area contributed by atoms with E-state index < -0.39 is 0 Å². The molecule has 0 aromatic heterocycles. The molecule has 0 saturated carbocycles. The molecule has 1 aliphatic heterocycles. The van der Waals surface area contributed by atoms with Gasteiger partial charge in [0.25, 0.3) is 0 Å². The molecule has 1 aliphatic rings. The van der Waals surface area contributed by atoms with E-state index in [1.54, 1.807) is 0 Å². The number of likely N-dealkylation sites (tertiary alicyclic amines) is 1. The first-order chi connectivity index (χ1) is 10.6. The zero-order valence-corrected chi connectivity index (χ0v) is 13.2. The molecule has 116 valence electrons. The minimum Gasteiger partial charge on any atom is -0.342 e. The van der Waals surface area contributed by atoms with Crippen LogP contribution < -0.4 is 5.73 Å². The summed E-state index contributed by atoms with van der Waals surface area (Å²) in [7, 11) is 0. The standard InChI is InChI=1S/C19H24N2O/c1-14(20)16-8-10-21(11-9-16)19(22)13-15-6-7-17-4-2-3-5-18(17)12-15/h2-7,12,14,16H,8-11,13,20H2,1H3. The van der Waals surface area contributed by atoms with Gasteiger partial charge < -0.3 is 10.6 Å². The number of amides is 1. The van der Waals surface area contributed by atoms with E-state index >= 15 is 0 Å². The zero-order valence-electron chi connectivity index (χ0n) is 13.2. The summed E-state index contributed by atoms with van der Waals surface area (Å²) < 4.78 is 0. The molecule has 0 aliphatic carbocycles. The molecule has 1 atom stereocenters. The fourth-order valence-electron chi connectivity index (χ4n) is 3.31. The van der Waals surface area contributed by atoms with Gasteiger partial charge in [-0.1, -0.05) is 42.5 Å². The van der Waals surface area contributed by atoms with Crippen molar-refractivity contribution in [1.82, 2.24) is 4.90 Å². The second kappa shape index (κ2) is 6.49. The number of carbonyl (C=O) groups is 1. The van der Waals surface area contributed by atoms with Crippen molar-refractivity contribution in [3.63, 3.8) is 0 Å². The van der Waals surface area contributed by atoms with Crippen molar-refractivity contribution in [1.29, 1.82) is 0 Å². The summed E-state index contributed by atoms with van der Waals surface area (Å²) in [6.45, 7) is 3.76. The predicted octanol–water partition coefficient (Wildman–Crippen LogP) is 2.97. The number of nitrogens with zero attached hydrogens (tertiary/aromatic N) is 1. The van der Waals surface area contributed by atoms with E-state index in [0.717, 1.165) is 31.5 Å². The maximum atomic E-state index is 12.5. The molecule has 1 fully saturated rings. The normalized spacial score (nSPS) is 17.6. The third-order valence-corrected chi connectivity index (χ3v) is 4.81. The van der Waals surface area contributed by atoms with Gasteiger partial charge in [-0.25, -0.2) is 0 Å². The molecular weight excluding hydrogens is 272 g/mol. The van der Waals surface area contributed by atoms with E-state index in [4.69, 9.17) is 5.73 Å². The van der Waals surface area contributed by atoms with Gasteiger partial charge in [-0.15, -0.1) is 0 Å². The smallest absolute Gasteiger partial charge is 0.226 e. The van der Waals surface area contributed by atoms with Crippen molar-refractivity contribution in [3.05, 3.63) is 48.0 Å². The van der Waals surface area contributed by atoms with Gasteiger partial charge in [0.05, 0.1) is 6.42 Å². The highest BCUT2D eigenvalue weighted by Crippen LogP contribution is 2.21. The third kappa shape index (κ3) is 3.30. The molecule has 22 heavy (non-hydrogen) atoms. The van der Waals surface area contributed by atoms with Gasteiger partial charge >= 0.3 is 0 Å². The van der Waals surface area contributed by atoms with Crippen LogP contribution in [-0.2, 0) is 11.2 Å². The number of carbonyl (C=O) groups excluding carboxylic acids is 1. The molecule has 1 unspecified atom stereocenters. The van der Waals surface area contributed by atoms with E-state index in [9.17, 15) is 4.79 Å². The maximum absolute atomic E-state index is 12.5. The minimum atomic E-state index is 0.234. The summed E-state index contributed by atoms with van der Waals surface area (Å²) in [5.74, 6) is 0.795. The van der Waals surface area contributed by atoms with Crippen LogP contribution in [0.3, 0.4) is 0 Å². The Morgan fingerprint density at radius 1 is 1.18 bits per heavy atom. The Bertz CT molecular complexity index is 657. The van der Waals surface area contributed by atoms with Gasteiger partial charge in [-0.3, -0.25) is 4.79 Å². The molecule has 0 spiro atoms. The molecule has 2 N–H and O–H groups in total. The first-order valence-electron chi connectivity index (χ1n) is 8.14. The van der Waals surface area contributed by atoms with Crippen LogP contribution in [-0.4, -0.2) is 29.9 Å². The number of benzene rings is 2. The lowest BCUT2D eigenvalue weighted by Gasteiger charge is -2.33. The van der Waals surface area contributed by atoms with Crippen molar-refractivity contribution >= 4 is 16.7 Å². The molecule has 0 radical (unpaired) electrons. The largest absolute Gasteiger partial charge is 0.342 e. The minimum absolute atomic E-state index is 0.234. The predicted molar refractivity (Wildman–Crippen MR) is 90.6 cm³/mol. The highest BCUT2D eigenvalue weighted by atomic mass is 16.2. The molecule has 3 rings (SSSR count). The Labute approximate surface area is 132 Å². The second-order valence-electron chi connectivity index (χ2n) is 6.44. The molecule has 2 aromatic carbocycles. The number of hydrogen-bond acceptors (Lipinski definition) is 2. The topological polar surface area (TPSA) is 46.3 Å². The lowest BCUT2D eigenvalue weighted by atomic mass is 9.90. The monoisotopic (exact) mass is 296 g/mol. The van der Waals surface area contributed by atoms with Crippen LogP contribution in [0.5, 0.6) is 0 Å². The van der Waals surface area contributed by atoms with Crippen LogP contribution >= 0.6 is 0 Å². The molecule has 3 nitrogen and oxygen atoms in total. The molecule has 3 heteroatoms. The zero-order chi connectivity index (χ0) is 15.5. The SMILES string of the molecule is CC(N)C1CCN(C(=O)Cc2ccc3ccccc3c2)CC1. The Balaban J connectivity index is 1.63. The van der Waals surface area contributed by atoms with Gasteiger partial charge in [-0.05, 0) is 42.0 Å². The van der Waals surface area contributed by atoms with Crippen LogP contribution in [0.15, 0.2) is 42.5 Å². The molecule has 1 heterocycles. The average Bonchev–Trinajstić information content (AvgIpc) is 2.55. The van der Waals surface area contributed by atoms with Crippen LogP contribution in [0.1, 0.15) is 25.3 Å². The Kier molecular flexibility index (Phi) is 4.44. The lowest BCUT2D eigenvalue weighted by molar-refractivity contribution is -0.131. The second-order valence-corrected chi connectivity index (χ2v) is 6.44. The van der Waals surface area contributed by atoms with E-state index in [1.807, 2.05) is 17.0 Å². The number of piperidine rings is 1. The molecule has 1 amide bonds. The highest BCUT2D eigenvalue weighted by molar-refractivity contribution is 5.85. The summed E-state index contributed by atoms with van der Waals surface area (Å²) in [5, 5.41) is 2.42. The Hall–Kier alpha value is -1.87. The number of nitrogens with two attached hydrogens (primary N) is 1. The third-order valence-electron chi connectivity index (χ3n) is 4.81. The van der Waals surface area contributed by atoms with Gasteiger partial charge in [-0.2, -0.15) is 0 Å². The Morgan fingerprint density at radius 2 is 1.86 bits per heavy atom. The number of hydrogen-bond donors (Lipinski definition) is 1. The first-order valence-corrected chi connectivity index (χ1v) is 8.14. The van der Waals surface area contributed by atoms with E-state index in [2.05, 4.69) is 37.3 Å². The van der Waals surface area contributed by atoms with Crippen LogP contribution in [0.2, 0.25) is 0 Å². The van der Waals surface area contributed by atoms with Gasteiger partial charge in [0.15, 0.2) is 0 Å².